The van der Waals surface area contributed by atoms with E-state index in [2.05, 4.69) is 31.0 Å². The molecule has 0 spiro atoms. The van der Waals surface area contributed by atoms with Crippen LogP contribution in [-0.2, 0) is 4.79 Å². The molecule has 0 aromatic heterocycles. The number of likely N-dealkylation sites (tertiary alicyclic amines) is 1. The van der Waals surface area contributed by atoms with Crippen molar-refractivity contribution in [1.29, 1.82) is 0 Å². The lowest BCUT2D eigenvalue weighted by molar-refractivity contribution is -0.128. The molecule has 0 aliphatic carbocycles. The number of rotatable bonds is 3. The first kappa shape index (κ1) is 13.9. The Morgan fingerprint density at radius 3 is 2.50 bits per heavy atom. The number of nitrogens with zero attached hydrogens (tertiary/aromatic N) is 1. The first-order valence-electron chi connectivity index (χ1n) is 7.42. The van der Waals surface area contributed by atoms with Gasteiger partial charge in [0.05, 0.1) is 0 Å². The molecular weight excluding hydrogens is 224 g/mol. The molecule has 0 aromatic rings. The first-order chi connectivity index (χ1) is 8.44. The van der Waals surface area contributed by atoms with Gasteiger partial charge in [0.15, 0.2) is 0 Å². The van der Waals surface area contributed by atoms with E-state index >= 15 is 0 Å². The Hall–Kier alpha value is -0.570. The van der Waals surface area contributed by atoms with Gasteiger partial charge in [0, 0.05) is 19.5 Å². The molecule has 0 aromatic carbocycles. The van der Waals surface area contributed by atoms with E-state index in [-0.39, 0.29) is 0 Å². The van der Waals surface area contributed by atoms with Crippen molar-refractivity contribution < 1.29 is 4.79 Å². The molecule has 3 heteroatoms. The molecule has 2 saturated heterocycles. The summed E-state index contributed by atoms with van der Waals surface area (Å²) in [5.74, 6) is 1.70. The van der Waals surface area contributed by atoms with Crippen LogP contribution in [0, 0.1) is 17.3 Å². The topological polar surface area (TPSA) is 32.3 Å². The molecule has 2 aliphatic rings. The third-order valence-corrected chi connectivity index (χ3v) is 4.13. The SMILES string of the molecule is CC(C)(C)C[C@H]1CC(=O)N(CC2CCNCC2)C1. The van der Waals surface area contributed by atoms with E-state index in [0.29, 0.717) is 17.2 Å². The van der Waals surface area contributed by atoms with Crippen LogP contribution in [0.2, 0.25) is 0 Å². The van der Waals surface area contributed by atoms with Gasteiger partial charge >= 0.3 is 0 Å². The van der Waals surface area contributed by atoms with Gasteiger partial charge in [-0.25, -0.2) is 0 Å². The predicted molar refractivity (Wildman–Crippen MR) is 74.4 cm³/mol. The van der Waals surface area contributed by atoms with E-state index in [9.17, 15) is 4.79 Å². The third-order valence-electron chi connectivity index (χ3n) is 4.13. The zero-order valence-corrected chi connectivity index (χ0v) is 12.2. The lowest BCUT2D eigenvalue weighted by atomic mass is 9.84. The normalized spacial score (nSPS) is 26.9. The molecule has 2 rings (SSSR count). The van der Waals surface area contributed by atoms with Crippen LogP contribution in [-0.4, -0.2) is 37.0 Å². The number of amides is 1. The highest BCUT2D eigenvalue weighted by molar-refractivity contribution is 5.78. The first-order valence-corrected chi connectivity index (χ1v) is 7.42. The second kappa shape index (κ2) is 5.60. The second-order valence-electron chi connectivity index (χ2n) is 7.33. The second-order valence-corrected chi connectivity index (χ2v) is 7.33. The average Bonchev–Trinajstić information content (AvgIpc) is 2.58. The monoisotopic (exact) mass is 252 g/mol. The molecule has 0 unspecified atom stereocenters. The Morgan fingerprint density at radius 1 is 1.22 bits per heavy atom. The maximum Gasteiger partial charge on any atom is 0.222 e. The molecule has 3 nitrogen and oxygen atoms in total. The zero-order chi connectivity index (χ0) is 13.2. The van der Waals surface area contributed by atoms with Crippen LogP contribution in [0.3, 0.4) is 0 Å². The van der Waals surface area contributed by atoms with Gasteiger partial charge in [-0.2, -0.15) is 0 Å². The number of carbonyl (C=O) groups is 1. The standard InChI is InChI=1S/C15H28N2O/c1-15(2,3)9-13-8-14(18)17(11-13)10-12-4-6-16-7-5-12/h12-13,16H,4-11H2,1-3H3/t13-/m1/s1. The summed E-state index contributed by atoms with van der Waals surface area (Å²) in [6, 6.07) is 0. The predicted octanol–water partition coefficient (Wildman–Crippen LogP) is 2.27. The number of nitrogens with one attached hydrogen (secondary N) is 1. The smallest absolute Gasteiger partial charge is 0.222 e. The average molecular weight is 252 g/mol. The fourth-order valence-corrected chi connectivity index (χ4v) is 3.41. The summed E-state index contributed by atoms with van der Waals surface area (Å²) in [7, 11) is 0. The van der Waals surface area contributed by atoms with Crippen molar-refractivity contribution in [2.75, 3.05) is 26.2 Å². The zero-order valence-electron chi connectivity index (χ0n) is 12.2. The van der Waals surface area contributed by atoms with Gasteiger partial charge in [-0.15, -0.1) is 0 Å². The number of piperidine rings is 1. The summed E-state index contributed by atoms with van der Waals surface area (Å²) in [5.41, 5.74) is 0.343. The molecule has 18 heavy (non-hydrogen) atoms. The van der Waals surface area contributed by atoms with Crippen LogP contribution in [0.15, 0.2) is 0 Å². The van der Waals surface area contributed by atoms with E-state index in [1.54, 1.807) is 0 Å². The Labute approximate surface area is 111 Å². The van der Waals surface area contributed by atoms with E-state index < -0.39 is 0 Å². The fraction of sp³-hybridized carbons (Fsp3) is 0.933. The molecular formula is C15H28N2O. The van der Waals surface area contributed by atoms with Crippen LogP contribution >= 0.6 is 0 Å². The quantitative estimate of drug-likeness (QED) is 0.835. The molecule has 2 aliphatic heterocycles. The highest BCUT2D eigenvalue weighted by Gasteiger charge is 2.33. The summed E-state index contributed by atoms with van der Waals surface area (Å²) in [6.07, 6.45) is 4.41. The van der Waals surface area contributed by atoms with Crippen LogP contribution < -0.4 is 5.32 Å². The Kier molecular flexibility index (Phi) is 4.31. The molecule has 2 heterocycles. The summed E-state index contributed by atoms with van der Waals surface area (Å²) in [6.45, 7) is 11.1. The van der Waals surface area contributed by atoms with Crippen molar-refractivity contribution in [3.63, 3.8) is 0 Å². The molecule has 0 radical (unpaired) electrons. The minimum absolute atomic E-state index is 0.343. The van der Waals surface area contributed by atoms with E-state index in [0.717, 1.165) is 38.5 Å². The largest absolute Gasteiger partial charge is 0.342 e. The van der Waals surface area contributed by atoms with Gasteiger partial charge < -0.3 is 10.2 Å². The Balaban J connectivity index is 1.81. The van der Waals surface area contributed by atoms with Crippen LogP contribution in [0.1, 0.15) is 46.5 Å². The highest BCUT2D eigenvalue weighted by atomic mass is 16.2. The minimum Gasteiger partial charge on any atom is -0.342 e. The summed E-state index contributed by atoms with van der Waals surface area (Å²) < 4.78 is 0. The van der Waals surface area contributed by atoms with E-state index in [1.165, 1.54) is 19.3 Å². The number of hydrogen-bond donors (Lipinski definition) is 1. The number of hydrogen-bond acceptors (Lipinski definition) is 2. The molecule has 104 valence electrons. The molecule has 0 bridgehead atoms. The molecule has 1 N–H and O–H groups in total. The van der Waals surface area contributed by atoms with Gasteiger partial charge in [-0.1, -0.05) is 20.8 Å². The fourth-order valence-electron chi connectivity index (χ4n) is 3.41. The van der Waals surface area contributed by atoms with Crippen molar-refractivity contribution in [2.24, 2.45) is 17.3 Å². The van der Waals surface area contributed by atoms with Crippen molar-refractivity contribution in [1.82, 2.24) is 10.2 Å². The minimum atomic E-state index is 0.343. The van der Waals surface area contributed by atoms with Gasteiger partial charge in [-0.05, 0) is 49.6 Å². The summed E-state index contributed by atoms with van der Waals surface area (Å²) in [4.78, 5) is 14.2. The van der Waals surface area contributed by atoms with Crippen LogP contribution in [0.25, 0.3) is 0 Å². The van der Waals surface area contributed by atoms with Gasteiger partial charge in [0.2, 0.25) is 5.91 Å². The van der Waals surface area contributed by atoms with Crippen molar-refractivity contribution in [3.8, 4) is 0 Å². The maximum atomic E-state index is 12.1. The summed E-state index contributed by atoms with van der Waals surface area (Å²) in [5, 5.41) is 3.39. The van der Waals surface area contributed by atoms with Crippen molar-refractivity contribution in [2.45, 2.75) is 46.5 Å². The third kappa shape index (κ3) is 3.98. The molecule has 2 fully saturated rings. The van der Waals surface area contributed by atoms with Gasteiger partial charge in [0.1, 0.15) is 0 Å². The maximum absolute atomic E-state index is 12.1. The van der Waals surface area contributed by atoms with Crippen molar-refractivity contribution >= 4 is 5.91 Å². The van der Waals surface area contributed by atoms with Gasteiger partial charge in [0.25, 0.3) is 0 Å². The lowest BCUT2D eigenvalue weighted by Crippen LogP contribution is -2.37. The summed E-state index contributed by atoms with van der Waals surface area (Å²) >= 11 is 0. The highest BCUT2D eigenvalue weighted by Crippen LogP contribution is 2.31. The number of carbonyl (C=O) groups excluding carboxylic acids is 1. The van der Waals surface area contributed by atoms with E-state index in [4.69, 9.17) is 0 Å². The van der Waals surface area contributed by atoms with Crippen LogP contribution in [0.5, 0.6) is 0 Å². The molecule has 1 amide bonds. The van der Waals surface area contributed by atoms with Gasteiger partial charge in [-0.3, -0.25) is 4.79 Å². The Morgan fingerprint density at radius 2 is 1.89 bits per heavy atom. The molecule has 1 atom stereocenters. The molecule has 0 saturated carbocycles. The Bertz CT molecular complexity index is 289. The van der Waals surface area contributed by atoms with Crippen LogP contribution in [0.4, 0.5) is 0 Å². The van der Waals surface area contributed by atoms with Crippen molar-refractivity contribution in [3.05, 3.63) is 0 Å². The lowest BCUT2D eigenvalue weighted by Gasteiger charge is -2.28. The van der Waals surface area contributed by atoms with E-state index in [1.807, 2.05) is 0 Å².